The molecule has 0 unspecified atom stereocenters. The zero-order chi connectivity index (χ0) is 14.4. The van der Waals surface area contributed by atoms with Crippen LogP contribution in [0.2, 0.25) is 0 Å². The predicted molar refractivity (Wildman–Crippen MR) is 88.1 cm³/mol. The standard InChI is InChI=1S/C19H16N2/c1-13-7-5-11-17(14(13)2)21-18-10-4-3-8-15(18)16-9-6-12-20-19(16)21/h3-12H,1-2H3. The van der Waals surface area contributed by atoms with Crippen molar-refractivity contribution in [3.63, 3.8) is 0 Å². The lowest BCUT2D eigenvalue weighted by molar-refractivity contribution is 1.10. The molecule has 0 saturated carbocycles. The molecular formula is C19H16N2. The third-order valence-corrected chi connectivity index (χ3v) is 4.25. The number of rotatable bonds is 1. The molecule has 102 valence electrons. The van der Waals surface area contributed by atoms with Gasteiger partial charge in [0.1, 0.15) is 5.65 Å². The summed E-state index contributed by atoms with van der Waals surface area (Å²) in [6, 6.07) is 19.1. The second kappa shape index (κ2) is 4.45. The molecule has 0 fully saturated rings. The van der Waals surface area contributed by atoms with E-state index in [2.05, 4.69) is 71.9 Å². The molecule has 4 aromatic rings. The topological polar surface area (TPSA) is 17.8 Å². The van der Waals surface area contributed by atoms with Crippen molar-refractivity contribution < 1.29 is 0 Å². The highest BCUT2D eigenvalue weighted by molar-refractivity contribution is 6.07. The number of nitrogens with zero attached hydrogens (tertiary/aromatic N) is 2. The summed E-state index contributed by atoms with van der Waals surface area (Å²) >= 11 is 0. The minimum atomic E-state index is 1.02. The summed E-state index contributed by atoms with van der Waals surface area (Å²) in [6.45, 7) is 4.33. The predicted octanol–water partition coefficient (Wildman–Crippen LogP) is 4.80. The van der Waals surface area contributed by atoms with E-state index >= 15 is 0 Å². The molecule has 2 aromatic heterocycles. The molecule has 4 rings (SSSR count). The fraction of sp³-hybridized carbons (Fsp3) is 0.105. The molecule has 0 atom stereocenters. The van der Waals surface area contributed by atoms with Gasteiger partial charge in [0.25, 0.3) is 0 Å². The third kappa shape index (κ3) is 1.69. The summed E-state index contributed by atoms with van der Waals surface area (Å²) in [5.41, 5.74) is 6.03. The van der Waals surface area contributed by atoms with E-state index in [9.17, 15) is 0 Å². The van der Waals surface area contributed by atoms with Gasteiger partial charge in [-0.3, -0.25) is 4.57 Å². The summed E-state index contributed by atoms with van der Waals surface area (Å²) in [4.78, 5) is 4.63. The molecule has 0 spiro atoms. The molecule has 0 aliphatic rings. The van der Waals surface area contributed by atoms with Crippen LogP contribution in [-0.2, 0) is 0 Å². The Bertz CT molecular complexity index is 911. The van der Waals surface area contributed by atoms with Crippen LogP contribution >= 0.6 is 0 Å². The average Bonchev–Trinajstić information content (AvgIpc) is 2.85. The molecule has 0 aliphatic carbocycles. The highest BCUT2D eigenvalue weighted by Gasteiger charge is 2.14. The number of fused-ring (bicyclic) bond motifs is 3. The zero-order valence-electron chi connectivity index (χ0n) is 12.2. The fourth-order valence-electron chi connectivity index (χ4n) is 3.02. The van der Waals surface area contributed by atoms with Crippen molar-refractivity contribution in [3.05, 3.63) is 71.9 Å². The number of para-hydroxylation sites is 1. The van der Waals surface area contributed by atoms with Crippen molar-refractivity contribution in [2.24, 2.45) is 0 Å². The summed E-state index contributed by atoms with van der Waals surface area (Å²) in [5.74, 6) is 0. The molecule has 0 aliphatic heterocycles. The van der Waals surface area contributed by atoms with Crippen LogP contribution in [0, 0.1) is 13.8 Å². The molecule has 2 aromatic carbocycles. The zero-order valence-corrected chi connectivity index (χ0v) is 12.2. The maximum absolute atomic E-state index is 4.63. The lowest BCUT2D eigenvalue weighted by Gasteiger charge is -2.12. The molecule has 0 amide bonds. The normalized spacial score (nSPS) is 11.3. The van der Waals surface area contributed by atoms with Gasteiger partial charge in [-0.05, 0) is 49.2 Å². The van der Waals surface area contributed by atoms with Gasteiger partial charge in [0.05, 0.1) is 11.2 Å². The van der Waals surface area contributed by atoms with E-state index in [0.717, 1.165) is 5.65 Å². The molecule has 0 bridgehead atoms. The first-order valence-corrected chi connectivity index (χ1v) is 7.18. The highest BCUT2D eigenvalue weighted by Crippen LogP contribution is 2.31. The van der Waals surface area contributed by atoms with Crippen molar-refractivity contribution in [3.8, 4) is 5.69 Å². The second-order valence-electron chi connectivity index (χ2n) is 5.45. The Morgan fingerprint density at radius 3 is 2.52 bits per heavy atom. The Morgan fingerprint density at radius 1 is 0.810 bits per heavy atom. The van der Waals surface area contributed by atoms with Gasteiger partial charge in [-0.2, -0.15) is 0 Å². The van der Waals surface area contributed by atoms with Crippen LogP contribution in [0.5, 0.6) is 0 Å². The van der Waals surface area contributed by atoms with Crippen molar-refractivity contribution in [2.45, 2.75) is 13.8 Å². The highest BCUT2D eigenvalue weighted by atomic mass is 15.0. The lowest BCUT2D eigenvalue weighted by atomic mass is 10.1. The molecule has 2 heterocycles. The quantitative estimate of drug-likeness (QED) is 0.487. The summed E-state index contributed by atoms with van der Waals surface area (Å²) < 4.78 is 2.27. The van der Waals surface area contributed by atoms with Crippen LogP contribution < -0.4 is 0 Å². The molecular weight excluding hydrogens is 256 g/mol. The van der Waals surface area contributed by atoms with Gasteiger partial charge in [-0.25, -0.2) is 4.98 Å². The minimum Gasteiger partial charge on any atom is -0.294 e. The van der Waals surface area contributed by atoms with E-state index in [1.54, 1.807) is 0 Å². The van der Waals surface area contributed by atoms with Gasteiger partial charge in [0.15, 0.2) is 0 Å². The molecule has 0 N–H and O–H groups in total. The van der Waals surface area contributed by atoms with Gasteiger partial charge in [0, 0.05) is 17.0 Å². The van der Waals surface area contributed by atoms with E-state index in [-0.39, 0.29) is 0 Å². The van der Waals surface area contributed by atoms with Gasteiger partial charge in [0.2, 0.25) is 0 Å². The molecule has 0 radical (unpaired) electrons. The van der Waals surface area contributed by atoms with Crippen molar-refractivity contribution >= 4 is 21.9 Å². The number of hydrogen-bond acceptors (Lipinski definition) is 1. The molecule has 21 heavy (non-hydrogen) atoms. The first-order chi connectivity index (χ1) is 10.3. The smallest absolute Gasteiger partial charge is 0.145 e. The van der Waals surface area contributed by atoms with Crippen LogP contribution in [0.25, 0.3) is 27.6 Å². The number of hydrogen-bond donors (Lipinski definition) is 0. The summed E-state index contributed by atoms with van der Waals surface area (Å²) in [5, 5.41) is 2.45. The maximum atomic E-state index is 4.63. The molecule has 2 heteroatoms. The Labute approximate surface area is 123 Å². The Hall–Kier alpha value is -2.61. The van der Waals surface area contributed by atoms with E-state index in [1.807, 2.05) is 12.3 Å². The van der Waals surface area contributed by atoms with Crippen molar-refractivity contribution in [1.82, 2.24) is 9.55 Å². The van der Waals surface area contributed by atoms with Gasteiger partial charge in [-0.1, -0.05) is 30.3 Å². The van der Waals surface area contributed by atoms with Crippen molar-refractivity contribution in [1.29, 1.82) is 0 Å². The van der Waals surface area contributed by atoms with Crippen LogP contribution in [-0.4, -0.2) is 9.55 Å². The average molecular weight is 272 g/mol. The monoisotopic (exact) mass is 272 g/mol. The van der Waals surface area contributed by atoms with E-state index in [4.69, 9.17) is 0 Å². The SMILES string of the molecule is Cc1cccc(-n2c3ccccc3c3cccnc32)c1C. The fourth-order valence-corrected chi connectivity index (χ4v) is 3.02. The van der Waals surface area contributed by atoms with Crippen molar-refractivity contribution in [2.75, 3.05) is 0 Å². The number of benzene rings is 2. The van der Waals surface area contributed by atoms with Crippen LogP contribution in [0.3, 0.4) is 0 Å². The van der Waals surface area contributed by atoms with Crippen LogP contribution in [0.15, 0.2) is 60.8 Å². The van der Waals surface area contributed by atoms with E-state index in [0.29, 0.717) is 0 Å². The Kier molecular flexibility index (Phi) is 2.58. The van der Waals surface area contributed by atoms with Crippen LogP contribution in [0.1, 0.15) is 11.1 Å². The van der Waals surface area contributed by atoms with Gasteiger partial charge in [-0.15, -0.1) is 0 Å². The first-order valence-electron chi connectivity index (χ1n) is 7.18. The Balaban J connectivity index is 2.23. The van der Waals surface area contributed by atoms with Gasteiger partial charge < -0.3 is 0 Å². The maximum Gasteiger partial charge on any atom is 0.145 e. The lowest BCUT2D eigenvalue weighted by Crippen LogP contribution is -1.99. The Morgan fingerprint density at radius 2 is 1.62 bits per heavy atom. The van der Waals surface area contributed by atoms with Gasteiger partial charge >= 0.3 is 0 Å². The largest absolute Gasteiger partial charge is 0.294 e. The number of aryl methyl sites for hydroxylation is 1. The second-order valence-corrected chi connectivity index (χ2v) is 5.45. The van der Waals surface area contributed by atoms with E-state index in [1.165, 1.54) is 33.1 Å². The molecule has 2 nitrogen and oxygen atoms in total. The number of pyridine rings is 1. The minimum absolute atomic E-state index is 1.02. The number of aromatic nitrogens is 2. The van der Waals surface area contributed by atoms with E-state index < -0.39 is 0 Å². The summed E-state index contributed by atoms with van der Waals surface area (Å²) in [6.07, 6.45) is 1.86. The first kappa shape index (κ1) is 12.2. The van der Waals surface area contributed by atoms with Crippen LogP contribution in [0.4, 0.5) is 0 Å². The third-order valence-electron chi connectivity index (χ3n) is 4.25. The molecule has 0 saturated heterocycles. The summed E-state index contributed by atoms with van der Waals surface area (Å²) in [7, 11) is 0.